The molecule has 0 bridgehead atoms. The molecule has 0 radical (unpaired) electrons. The molecule has 5 rings (SSSR count). The molecule has 1 fully saturated rings. The van der Waals surface area contributed by atoms with E-state index in [9.17, 15) is 9.59 Å². The van der Waals surface area contributed by atoms with Gasteiger partial charge in [0, 0.05) is 24.7 Å². The van der Waals surface area contributed by atoms with Crippen LogP contribution in [0.3, 0.4) is 0 Å². The van der Waals surface area contributed by atoms with Gasteiger partial charge in [0.15, 0.2) is 5.58 Å². The molecule has 0 unspecified atom stereocenters. The molecule has 1 saturated carbocycles. The van der Waals surface area contributed by atoms with Crippen molar-refractivity contribution in [1.82, 2.24) is 14.8 Å². The summed E-state index contributed by atoms with van der Waals surface area (Å²) in [6, 6.07) is 11.5. The second kappa shape index (κ2) is 9.10. The summed E-state index contributed by atoms with van der Waals surface area (Å²) >= 11 is 0. The monoisotopic (exact) mass is 477 g/mol. The highest BCUT2D eigenvalue weighted by Crippen LogP contribution is 2.35. The lowest BCUT2D eigenvalue weighted by Gasteiger charge is -2.45. The lowest BCUT2D eigenvalue weighted by Crippen LogP contribution is -2.65. The number of amides is 2. The summed E-state index contributed by atoms with van der Waals surface area (Å²) < 4.78 is 13.3. The third-order valence-corrected chi connectivity index (χ3v) is 7.60. The number of nitrogens with one attached hydrogen (secondary N) is 1. The van der Waals surface area contributed by atoms with E-state index in [0.29, 0.717) is 30.3 Å². The Bertz CT molecular complexity index is 1220. The fourth-order valence-electron chi connectivity index (χ4n) is 5.50. The summed E-state index contributed by atoms with van der Waals surface area (Å²) in [5, 5.41) is 3.32. The molecule has 186 valence electrons. The first-order valence-corrected chi connectivity index (χ1v) is 12.7. The molecule has 2 aromatic heterocycles. The van der Waals surface area contributed by atoms with Gasteiger partial charge in [-0.05, 0) is 57.2 Å². The average molecular weight is 478 g/mol. The molecule has 3 aromatic rings. The Balaban J connectivity index is 1.48. The number of nitrogens with zero attached hydrogens (tertiary/aromatic N) is 2. The zero-order chi connectivity index (χ0) is 24.7. The Hall–Kier alpha value is -3.22. The third kappa shape index (κ3) is 4.32. The van der Waals surface area contributed by atoms with Gasteiger partial charge in [0.2, 0.25) is 5.91 Å². The summed E-state index contributed by atoms with van der Waals surface area (Å²) in [5.41, 5.74) is 1.96. The molecular weight excluding hydrogens is 442 g/mol. The maximum atomic E-state index is 13.9. The van der Waals surface area contributed by atoms with Gasteiger partial charge in [0.25, 0.3) is 5.91 Å². The van der Waals surface area contributed by atoms with Crippen molar-refractivity contribution in [1.29, 1.82) is 0 Å². The van der Waals surface area contributed by atoms with Crippen LogP contribution in [0.25, 0.3) is 11.1 Å². The van der Waals surface area contributed by atoms with Crippen LogP contribution >= 0.6 is 0 Å². The number of fused-ring (bicyclic) bond motifs is 3. The van der Waals surface area contributed by atoms with E-state index in [1.54, 1.807) is 17.2 Å². The lowest BCUT2D eigenvalue weighted by atomic mass is 9.85. The van der Waals surface area contributed by atoms with E-state index in [4.69, 9.17) is 9.15 Å². The molecule has 1 aliphatic heterocycles. The van der Waals surface area contributed by atoms with Crippen molar-refractivity contribution in [2.75, 3.05) is 0 Å². The van der Waals surface area contributed by atoms with E-state index < -0.39 is 5.54 Å². The van der Waals surface area contributed by atoms with Crippen LogP contribution in [0, 0.1) is 5.92 Å². The van der Waals surface area contributed by atoms with Crippen LogP contribution in [-0.4, -0.2) is 39.0 Å². The first kappa shape index (κ1) is 23.5. The molecule has 1 N–H and O–H groups in total. The normalized spacial score (nSPS) is 24.6. The molecule has 1 aromatic carbocycles. The summed E-state index contributed by atoms with van der Waals surface area (Å²) in [6.07, 6.45) is 6.14. The molecular formula is C28H35N3O4. The number of carbonyl (C=O) groups excluding carboxylic acids is 2. The number of hydrogen-bond acceptors (Lipinski definition) is 4. The van der Waals surface area contributed by atoms with Gasteiger partial charge in [-0.2, -0.15) is 0 Å². The molecule has 7 nitrogen and oxygen atoms in total. The van der Waals surface area contributed by atoms with Crippen LogP contribution < -0.4 is 10.1 Å². The summed E-state index contributed by atoms with van der Waals surface area (Å²) in [6.45, 7) is 8.77. The maximum absolute atomic E-state index is 13.9. The SMILES string of the molecule is CC(C)Oc1ccc(CN2C(=O)c3cc4occc4n3C[C@]2(C)C(=O)N[C@H]2CCCC[C@H]2C)cc1. The van der Waals surface area contributed by atoms with E-state index in [0.717, 1.165) is 36.1 Å². The van der Waals surface area contributed by atoms with E-state index >= 15 is 0 Å². The second-order valence-electron chi connectivity index (χ2n) is 10.6. The predicted molar refractivity (Wildman–Crippen MR) is 134 cm³/mol. The van der Waals surface area contributed by atoms with Crippen LogP contribution in [0.1, 0.15) is 69.4 Å². The Labute approximate surface area is 206 Å². The number of carbonyl (C=O) groups is 2. The highest BCUT2D eigenvalue weighted by molar-refractivity contribution is 6.02. The largest absolute Gasteiger partial charge is 0.491 e. The van der Waals surface area contributed by atoms with Crippen molar-refractivity contribution in [3.63, 3.8) is 0 Å². The smallest absolute Gasteiger partial charge is 0.271 e. The number of aromatic nitrogens is 1. The molecule has 35 heavy (non-hydrogen) atoms. The fraction of sp³-hybridized carbons (Fsp3) is 0.500. The van der Waals surface area contributed by atoms with Gasteiger partial charge in [-0.15, -0.1) is 0 Å². The van der Waals surface area contributed by atoms with Crippen LogP contribution in [-0.2, 0) is 17.9 Å². The van der Waals surface area contributed by atoms with Crippen molar-refractivity contribution >= 4 is 22.9 Å². The Morgan fingerprint density at radius 1 is 1.20 bits per heavy atom. The minimum Gasteiger partial charge on any atom is -0.491 e. The molecule has 7 heteroatoms. The average Bonchev–Trinajstić information content (AvgIpc) is 3.41. The number of rotatable bonds is 6. The second-order valence-corrected chi connectivity index (χ2v) is 10.6. The standard InChI is InChI=1S/C28H35N3O4/c1-18(2)35-21-11-9-20(10-12-21)16-31-26(32)24-15-25-23(13-14-34-25)30(24)17-28(31,4)27(33)29-22-8-6-5-7-19(22)3/h9-15,18-19,22H,5-8,16-17H2,1-4H3,(H,29,33)/t19-,22+,28-/m1/s1. The molecule has 0 spiro atoms. The minimum atomic E-state index is -1.04. The van der Waals surface area contributed by atoms with Gasteiger partial charge < -0.3 is 23.9 Å². The van der Waals surface area contributed by atoms with E-state index in [1.165, 1.54) is 6.42 Å². The molecule has 2 amide bonds. The zero-order valence-electron chi connectivity index (χ0n) is 21.0. The Kier molecular flexibility index (Phi) is 6.11. The molecule has 3 atom stereocenters. The van der Waals surface area contributed by atoms with Gasteiger partial charge in [-0.3, -0.25) is 9.59 Å². The van der Waals surface area contributed by atoms with Crippen molar-refractivity contribution < 1.29 is 18.7 Å². The number of benzene rings is 1. The number of ether oxygens (including phenoxy) is 1. The zero-order valence-corrected chi connectivity index (χ0v) is 21.0. The lowest BCUT2D eigenvalue weighted by molar-refractivity contribution is -0.134. The first-order chi connectivity index (χ1) is 16.8. The minimum absolute atomic E-state index is 0.0877. The number of furan rings is 1. The molecule has 1 aliphatic carbocycles. The van der Waals surface area contributed by atoms with Gasteiger partial charge in [-0.25, -0.2) is 0 Å². The third-order valence-electron chi connectivity index (χ3n) is 7.60. The topological polar surface area (TPSA) is 76.7 Å². The fourth-order valence-corrected chi connectivity index (χ4v) is 5.50. The maximum Gasteiger partial charge on any atom is 0.271 e. The van der Waals surface area contributed by atoms with Crippen molar-refractivity contribution in [2.45, 2.75) is 84.2 Å². The molecule has 3 heterocycles. The van der Waals surface area contributed by atoms with Gasteiger partial charge in [-0.1, -0.05) is 31.9 Å². The van der Waals surface area contributed by atoms with Crippen LogP contribution in [0.4, 0.5) is 0 Å². The molecule has 2 aliphatic rings. The summed E-state index contributed by atoms with van der Waals surface area (Å²) in [5.74, 6) is 0.954. The van der Waals surface area contributed by atoms with Crippen molar-refractivity contribution in [2.24, 2.45) is 5.92 Å². The van der Waals surface area contributed by atoms with E-state index in [2.05, 4.69) is 12.2 Å². The highest BCUT2D eigenvalue weighted by Gasteiger charge is 2.48. The first-order valence-electron chi connectivity index (χ1n) is 12.7. The van der Waals surface area contributed by atoms with Crippen molar-refractivity contribution in [3.8, 4) is 5.75 Å². The molecule has 0 saturated heterocycles. The van der Waals surface area contributed by atoms with Gasteiger partial charge >= 0.3 is 0 Å². The van der Waals surface area contributed by atoms with Crippen LogP contribution in [0.15, 0.2) is 47.1 Å². The summed E-state index contributed by atoms with van der Waals surface area (Å²) in [4.78, 5) is 29.5. The van der Waals surface area contributed by atoms with Crippen molar-refractivity contribution in [3.05, 3.63) is 53.9 Å². The van der Waals surface area contributed by atoms with Crippen LogP contribution in [0.5, 0.6) is 5.75 Å². The Morgan fingerprint density at radius 2 is 1.94 bits per heavy atom. The highest BCUT2D eigenvalue weighted by atomic mass is 16.5. The Morgan fingerprint density at radius 3 is 2.66 bits per heavy atom. The van der Waals surface area contributed by atoms with Crippen LogP contribution in [0.2, 0.25) is 0 Å². The van der Waals surface area contributed by atoms with Gasteiger partial charge in [0.05, 0.1) is 24.4 Å². The van der Waals surface area contributed by atoms with E-state index in [-0.39, 0.29) is 24.0 Å². The van der Waals surface area contributed by atoms with Gasteiger partial charge in [0.1, 0.15) is 17.0 Å². The predicted octanol–water partition coefficient (Wildman–Crippen LogP) is 5.13. The quantitative estimate of drug-likeness (QED) is 0.534. The summed E-state index contributed by atoms with van der Waals surface area (Å²) in [7, 11) is 0. The number of hydrogen-bond donors (Lipinski definition) is 1. The van der Waals surface area contributed by atoms with E-state index in [1.807, 2.05) is 55.7 Å².